The van der Waals surface area contributed by atoms with E-state index in [-0.39, 0.29) is 37.3 Å². The SMILES string of the molecule is O=C(O)CCCC(=O)NCc1ccc(F)cc1F. The molecule has 0 bridgehead atoms. The molecule has 0 aliphatic carbocycles. The second-order valence-corrected chi connectivity index (χ2v) is 3.76. The molecule has 0 radical (unpaired) electrons. The largest absolute Gasteiger partial charge is 0.481 e. The molecule has 18 heavy (non-hydrogen) atoms. The van der Waals surface area contributed by atoms with Gasteiger partial charge in [0.2, 0.25) is 5.91 Å². The fourth-order valence-electron chi connectivity index (χ4n) is 1.35. The van der Waals surface area contributed by atoms with Gasteiger partial charge in [-0.3, -0.25) is 9.59 Å². The van der Waals surface area contributed by atoms with Crippen LogP contribution in [0.3, 0.4) is 0 Å². The topological polar surface area (TPSA) is 66.4 Å². The van der Waals surface area contributed by atoms with Gasteiger partial charge in [-0.05, 0) is 12.5 Å². The van der Waals surface area contributed by atoms with Gasteiger partial charge < -0.3 is 10.4 Å². The average molecular weight is 257 g/mol. The Morgan fingerprint density at radius 1 is 1.22 bits per heavy atom. The molecule has 98 valence electrons. The molecule has 1 aromatic rings. The average Bonchev–Trinajstić information content (AvgIpc) is 2.27. The van der Waals surface area contributed by atoms with Gasteiger partial charge in [0.15, 0.2) is 0 Å². The summed E-state index contributed by atoms with van der Waals surface area (Å²) in [6.45, 7) is -0.0436. The fourth-order valence-corrected chi connectivity index (χ4v) is 1.35. The number of aliphatic carboxylic acids is 1. The Balaban J connectivity index is 2.36. The smallest absolute Gasteiger partial charge is 0.303 e. The van der Waals surface area contributed by atoms with Gasteiger partial charge in [0.25, 0.3) is 0 Å². The van der Waals surface area contributed by atoms with Gasteiger partial charge in [-0.15, -0.1) is 0 Å². The molecule has 2 N–H and O–H groups in total. The summed E-state index contributed by atoms with van der Waals surface area (Å²) in [6, 6.07) is 3.10. The van der Waals surface area contributed by atoms with Crippen molar-refractivity contribution in [2.24, 2.45) is 0 Å². The molecular formula is C12H13F2NO3. The molecule has 4 nitrogen and oxygen atoms in total. The number of hydrogen-bond donors (Lipinski definition) is 2. The van der Waals surface area contributed by atoms with E-state index >= 15 is 0 Å². The lowest BCUT2D eigenvalue weighted by atomic mass is 10.2. The van der Waals surface area contributed by atoms with Crippen LogP contribution >= 0.6 is 0 Å². The first kappa shape index (κ1) is 14.1. The monoisotopic (exact) mass is 257 g/mol. The van der Waals surface area contributed by atoms with E-state index in [4.69, 9.17) is 5.11 Å². The molecule has 0 heterocycles. The van der Waals surface area contributed by atoms with Crippen molar-refractivity contribution in [3.8, 4) is 0 Å². The lowest BCUT2D eigenvalue weighted by Gasteiger charge is -2.06. The number of hydrogen-bond acceptors (Lipinski definition) is 2. The van der Waals surface area contributed by atoms with Crippen LogP contribution in [0.2, 0.25) is 0 Å². The predicted molar refractivity (Wildman–Crippen MR) is 59.7 cm³/mol. The van der Waals surface area contributed by atoms with Crippen molar-refractivity contribution >= 4 is 11.9 Å². The second-order valence-electron chi connectivity index (χ2n) is 3.76. The molecule has 1 amide bonds. The molecule has 0 aliphatic heterocycles. The van der Waals surface area contributed by atoms with E-state index in [2.05, 4.69) is 5.32 Å². The van der Waals surface area contributed by atoms with Gasteiger partial charge in [-0.25, -0.2) is 8.78 Å². The van der Waals surface area contributed by atoms with E-state index in [1.807, 2.05) is 0 Å². The minimum atomic E-state index is -0.965. The number of carbonyl (C=O) groups excluding carboxylic acids is 1. The lowest BCUT2D eigenvalue weighted by Crippen LogP contribution is -2.23. The maximum absolute atomic E-state index is 13.2. The minimum absolute atomic E-state index is 0.0436. The van der Waals surface area contributed by atoms with Crippen LogP contribution < -0.4 is 5.32 Å². The fraction of sp³-hybridized carbons (Fsp3) is 0.333. The van der Waals surface area contributed by atoms with E-state index in [0.717, 1.165) is 12.1 Å². The summed E-state index contributed by atoms with van der Waals surface area (Å²) in [5.41, 5.74) is 0.183. The van der Waals surface area contributed by atoms with E-state index in [1.54, 1.807) is 0 Å². The Morgan fingerprint density at radius 3 is 2.56 bits per heavy atom. The first-order valence-corrected chi connectivity index (χ1v) is 5.41. The van der Waals surface area contributed by atoms with Crippen molar-refractivity contribution in [1.29, 1.82) is 0 Å². The minimum Gasteiger partial charge on any atom is -0.481 e. The number of amides is 1. The molecule has 0 unspecified atom stereocenters. The lowest BCUT2D eigenvalue weighted by molar-refractivity contribution is -0.137. The zero-order valence-corrected chi connectivity index (χ0v) is 9.58. The van der Waals surface area contributed by atoms with Crippen molar-refractivity contribution < 1.29 is 23.5 Å². The molecule has 0 atom stereocenters. The maximum atomic E-state index is 13.2. The van der Waals surface area contributed by atoms with Gasteiger partial charge >= 0.3 is 5.97 Å². The molecule has 0 saturated carbocycles. The van der Waals surface area contributed by atoms with E-state index in [0.29, 0.717) is 0 Å². The Morgan fingerprint density at radius 2 is 1.94 bits per heavy atom. The second kappa shape index (κ2) is 6.68. The summed E-state index contributed by atoms with van der Waals surface area (Å²) in [5.74, 6) is -2.72. The Bertz CT molecular complexity index is 449. The molecule has 0 aliphatic rings. The van der Waals surface area contributed by atoms with Crippen LogP contribution in [0.15, 0.2) is 18.2 Å². The number of halogens is 2. The van der Waals surface area contributed by atoms with E-state index in [9.17, 15) is 18.4 Å². The number of carboxylic acids is 1. The standard InChI is InChI=1S/C12H13F2NO3/c13-9-5-4-8(10(14)6-9)7-15-11(16)2-1-3-12(17)18/h4-6H,1-3,7H2,(H,15,16)(H,17,18). The summed E-state index contributed by atoms with van der Waals surface area (Å²) >= 11 is 0. The van der Waals surface area contributed by atoms with Gasteiger partial charge in [0.1, 0.15) is 11.6 Å². The number of carboxylic acid groups (broad SMARTS) is 1. The summed E-state index contributed by atoms with van der Waals surface area (Å²) in [4.78, 5) is 21.5. The van der Waals surface area contributed by atoms with Gasteiger partial charge in [-0.1, -0.05) is 6.07 Å². The Labute approximate surface area is 103 Å². The summed E-state index contributed by atoms with van der Waals surface area (Å²) in [6.07, 6.45) is 0.209. The number of benzene rings is 1. The van der Waals surface area contributed by atoms with Crippen molar-refractivity contribution in [1.82, 2.24) is 5.32 Å². The highest BCUT2D eigenvalue weighted by Gasteiger charge is 2.07. The normalized spacial score (nSPS) is 10.1. The Kier molecular flexibility index (Phi) is 5.23. The highest BCUT2D eigenvalue weighted by Crippen LogP contribution is 2.09. The van der Waals surface area contributed by atoms with Gasteiger partial charge in [0.05, 0.1) is 0 Å². The number of nitrogens with one attached hydrogen (secondary N) is 1. The van der Waals surface area contributed by atoms with Crippen LogP contribution in [0.4, 0.5) is 8.78 Å². The summed E-state index contributed by atoms with van der Waals surface area (Å²) in [7, 11) is 0. The van der Waals surface area contributed by atoms with Crippen molar-refractivity contribution in [2.75, 3.05) is 0 Å². The van der Waals surface area contributed by atoms with Crippen LogP contribution in [0.5, 0.6) is 0 Å². The molecule has 0 spiro atoms. The zero-order chi connectivity index (χ0) is 13.5. The Hall–Kier alpha value is -1.98. The molecular weight excluding hydrogens is 244 g/mol. The summed E-state index contributed by atoms with van der Waals surface area (Å²) in [5, 5.41) is 10.8. The number of rotatable bonds is 6. The highest BCUT2D eigenvalue weighted by molar-refractivity contribution is 5.76. The molecule has 0 aromatic heterocycles. The first-order valence-electron chi connectivity index (χ1n) is 5.41. The van der Waals surface area contributed by atoms with Crippen molar-refractivity contribution in [2.45, 2.75) is 25.8 Å². The summed E-state index contributed by atoms with van der Waals surface area (Å²) < 4.78 is 25.8. The third-order valence-electron chi connectivity index (χ3n) is 2.29. The van der Waals surface area contributed by atoms with Crippen LogP contribution in [0.1, 0.15) is 24.8 Å². The predicted octanol–water partition coefficient (Wildman–Crippen LogP) is 1.84. The first-order chi connectivity index (χ1) is 8.49. The molecule has 1 aromatic carbocycles. The van der Waals surface area contributed by atoms with Gasteiger partial charge in [0, 0.05) is 31.0 Å². The highest BCUT2D eigenvalue weighted by atomic mass is 19.1. The third-order valence-corrected chi connectivity index (χ3v) is 2.29. The van der Waals surface area contributed by atoms with Crippen LogP contribution in [-0.4, -0.2) is 17.0 Å². The number of carbonyl (C=O) groups is 2. The van der Waals surface area contributed by atoms with E-state index < -0.39 is 17.6 Å². The van der Waals surface area contributed by atoms with Crippen molar-refractivity contribution in [3.63, 3.8) is 0 Å². The molecule has 0 fully saturated rings. The van der Waals surface area contributed by atoms with Crippen LogP contribution in [0, 0.1) is 11.6 Å². The zero-order valence-electron chi connectivity index (χ0n) is 9.58. The molecule has 6 heteroatoms. The van der Waals surface area contributed by atoms with Gasteiger partial charge in [-0.2, -0.15) is 0 Å². The molecule has 1 rings (SSSR count). The van der Waals surface area contributed by atoms with E-state index in [1.165, 1.54) is 6.07 Å². The quantitative estimate of drug-likeness (QED) is 0.817. The third kappa shape index (κ3) is 4.90. The maximum Gasteiger partial charge on any atom is 0.303 e. The van der Waals surface area contributed by atoms with Crippen LogP contribution in [-0.2, 0) is 16.1 Å². The molecule has 0 saturated heterocycles. The van der Waals surface area contributed by atoms with Crippen molar-refractivity contribution in [3.05, 3.63) is 35.4 Å². The van der Waals surface area contributed by atoms with Crippen LogP contribution in [0.25, 0.3) is 0 Å².